The molecular formula is C20H21FN2O2. The molecule has 3 rings (SSSR count). The summed E-state index contributed by atoms with van der Waals surface area (Å²) in [6, 6.07) is 11.5. The molecule has 0 saturated carbocycles. The second-order valence-corrected chi connectivity index (χ2v) is 6.02. The summed E-state index contributed by atoms with van der Waals surface area (Å²) < 4.78 is 19.6. The summed E-state index contributed by atoms with van der Waals surface area (Å²) in [5, 5.41) is 0.509. The molecule has 0 radical (unpaired) electrons. The Bertz CT molecular complexity index is 921. The fourth-order valence-electron chi connectivity index (χ4n) is 2.72. The topological polar surface area (TPSA) is 55.0 Å². The van der Waals surface area contributed by atoms with Crippen LogP contribution in [0.5, 0.6) is 5.75 Å². The van der Waals surface area contributed by atoms with E-state index in [0.717, 1.165) is 19.3 Å². The fraction of sp³-hybridized carbons (Fsp3) is 0.300. The Morgan fingerprint density at radius 1 is 1.12 bits per heavy atom. The molecule has 4 nitrogen and oxygen atoms in total. The molecular weight excluding hydrogens is 319 g/mol. The summed E-state index contributed by atoms with van der Waals surface area (Å²) in [7, 11) is 0. The number of para-hydroxylation sites is 1. The molecule has 0 fully saturated rings. The second kappa shape index (κ2) is 7.92. The molecule has 0 saturated heterocycles. The standard InChI is InChI=1S/C20H21FN2O2/c1-2-3-4-7-10-25-16-12-14(11-15(21)13-16)19-22-18-9-6-5-8-17(18)20(24)23-19/h5-6,8-9,11-13H,2-4,7,10H2,1H3,(H,22,23,24). The number of rotatable bonds is 7. The lowest BCUT2D eigenvalue weighted by atomic mass is 10.1. The fourth-order valence-corrected chi connectivity index (χ4v) is 2.72. The Morgan fingerprint density at radius 2 is 1.96 bits per heavy atom. The number of unbranched alkanes of at least 4 members (excludes halogenated alkanes) is 3. The first-order valence-electron chi connectivity index (χ1n) is 8.60. The van der Waals surface area contributed by atoms with Gasteiger partial charge in [-0.15, -0.1) is 0 Å². The third-order valence-electron chi connectivity index (χ3n) is 4.02. The highest BCUT2D eigenvalue weighted by atomic mass is 19.1. The minimum absolute atomic E-state index is 0.244. The van der Waals surface area contributed by atoms with Gasteiger partial charge in [-0.1, -0.05) is 38.3 Å². The van der Waals surface area contributed by atoms with Gasteiger partial charge in [-0.2, -0.15) is 0 Å². The zero-order valence-electron chi connectivity index (χ0n) is 14.2. The number of nitrogens with zero attached hydrogens (tertiary/aromatic N) is 1. The number of hydrogen-bond acceptors (Lipinski definition) is 3. The van der Waals surface area contributed by atoms with Crippen LogP contribution in [-0.2, 0) is 0 Å². The van der Waals surface area contributed by atoms with Gasteiger partial charge in [0.05, 0.1) is 17.5 Å². The third-order valence-corrected chi connectivity index (χ3v) is 4.02. The van der Waals surface area contributed by atoms with Crippen molar-refractivity contribution in [2.75, 3.05) is 6.61 Å². The van der Waals surface area contributed by atoms with E-state index >= 15 is 0 Å². The van der Waals surface area contributed by atoms with E-state index in [-0.39, 0.29) is 5.56 Å². The van der Waals surface area contributed by atoms with Gasteiger partial charge in [0.2, 0.25) is 0 Å². The number of ether oxygens (including phenoxy) is 1. The van der Waals surface area contributed by atoms with Crippen LogP contribution in [0, 0.1) is 5.82 Å². The van der Waals surface area contributed by atoms with Gasteiger partial charge < -0.3 is 9.72 Å². The monoisotopic (exact) mass is 340 g/mol. The molecule has 0 aliphatic heterocycles. The average Bonchev–Trinajstić information content (AvgIpc) is 2.61. The van der Waals surface area contributed by atoms with Crippen molar-refractivity contribution in [3.05, 3.63) is 58.6 Å². The molecule has 1 heterocycles. The molecule has 0 atom stereocenters. The first-order chi connectivity index (χ1) is 12.2. The predicted octanol–water partition coefficient (Wildman–Crippen LogP) is 4.69. The highest BCUT2D eigenvalue weighted by molar-refractivity contribution is 5.79. The van der Waals surface area contributed by atoms with E-state index in [0.29, 0.717) is 34.6 Å². The maximum absolute atomic E-state index is 14.0. The summed E-state index contributed by atoms with van der Waals surface area (Å²) in [5.74, 6) is 0.359. The van der Waals surface area contributed by atoms with Crippen molar-refractivity contribution >= 4 is 10.9 Å². The molecule has 25 heavy (non-hydrogen) atoms. The molecule has 1 N–H and O–H groups in total. The smallest absolute Gasteiger partial charge is 0.259 e. The molecule has 130 valence electrons. The zero-order chi connectivity index (χ0) is 17.6. The minimum Gasteiger partial charge on any atom is -0.493 e. The van der Waals surface area contributed by atoms with Gasteiger partial charge in [0.25, 0.3) is 5.56 Å². The van der Waals surface area contributed by atoms with Gasteiger partial charge in [-0.3, -0.25) is 4.79 Å². The Hall–Kier alpha value is -2.69. The van der Waals surface area contributed by atoms with Crippen LogP contribution in [0.15, 0.2) is 47.3 Å². The van der Waals surface area contributed by atoms with E-state index in [9.17, 15) is 9.18 Å². The number of hydrogen-bond donors (Lipinski definition) is 1. The normalized spacial score (nSPS) is 11.0. The van der Waals surface area contributed by atoms with Crippen LogP contribution in [0.1, 0.15) is 32.6 Å². The van der Waals surface area contributed by atoms with E-state index in [1.807, 2.05) is 6.07 Å². The number of H-pyrrole nitrogens is 1. The van der Waals surface area contributed by atoms with Crippen molar-refractivity contribution in [2.45, 2.75) is 32.6 Å². The quantitative estimate of drug-likeness (QED) is 0.635. The summed E-state index contributed by atoms with van der Waals surface area (Å²) in [6.45, 7) is 2.70. The average molecular weight is 340 g/mol. The minimum atomic E-state index is -0.420. The maximum Gasteiger partial charge on any atom is 0.259 e. The summed E-state index contributed by atoms with van der Waals surface area (Å²) in [4.78, 5) is 19.3. The van der Waals surface area contributed by atoms with Crippen molar-refractivity contribution in [2.24, 2.45) is 0 Å². The van der Waals surface area contributed by atoms with Gasteiger partial charge in [-0.05, 0) is 30.7 Å². The summed E-state index contributed by atoms with van der Waals surface area (Å²) >= 11 is 0. The molecule has 1 aromatic heterocycles. The SMILES string of the molecule is CCCCCCOc1cc(F)cc(-c2nc3ccccc3c(=O)[nH]2)c1. The first-order valence-corrected chi connectivity index (χ1v) is 8.60. The lowest BCUT2D eigenvalue weighted by molar-refractivity contribution is 0.303. The van der Waals surface area contributed by atoms with E-state index in [2.05, 4.69) is 16.9 Å². The maximum atomic E-state index is 14.0. The lowest BCUT2D eigenvalue weighted by Crippen LogP contribution is -2.09. The Morgan fingerprint density at radius 3 is 2.80 bits per heavy atom. The summed E-state index contributed by atoms with van der Waals surface area (Å²) in [6.07, 6.45) is 4.36. The second-order valence-electron chi connectivity index (χ2n) is 6.02. The largest absolute Gasteiger partial charge is 0.493 e. The van der Waals surface area contributed by atoms with Gasteiger partial charge in [0.15, 0.2) is 0 Å². The van der Waals surface area contributed by atoms with Crippen LogP contribution in [0.25, 0.3) is 22.3 Å². The van der Waals surface area contributed by atoms with E-state index in [4.69, 9.17) is 4.74 Å². The number of fused-ring (bicyclic) bond motifs is 1. The Labute approximate surface area is 145 Å². The van der Waals surface area contributed by atoms with Crippen molar-refractivity contribution in [3.8, 4) is 17.1 Å². The lowest BCUT2D eigenvalue weighted by Gasteiger charge is -2.09. The zero-order valence-corrected chi connectivity index (χ0v) is 14.2. The van der Waals surface area contributed by atoms with Crippen LogP contribution >= 0.6 is 0 Å². The first kappa shape index (κ1) is 17.1. The van der Waals surface area contributed by atoms with Crippen LogP contribution in [0.3, 0.4) is 0 Å². The molecule has 5 heteroatoms. The third kappa shape index (κ3) is 4.24. The molecule has 0 aliphatic rings. The molecule has 0 bridgehead atoms. The van der Waals surface area contributed by atoms with E-state index < -0.39 is 5.82 Å². The number of nitrogens with one attached hydrogen (secondary N) is 1. The van der Waals surface area contributed by atoms with Crippen molar-refractivity contribution in [3.63, 3.8) is 0 Å². The highest BCUT2D eigenvalue weighted by Gasteiger charge is 2.09. The molecule has 0 unspecified atom stereocenters. The Kier molecular flexibility index (Phi) is 5.43. The van der Waals surface area contributed by atoms with Crippen LogP contribution in [0.2, 0.25) is 0 Å². The Balaban J connectivity index is 1.86. The molecule has 2 aromatic carbocycles. The highest BCUT2D eigenvalue weighted by Crippen LogP contribution is 2.24. The molecule has 0 amide bonds. The van der Waals surface area contributed by atoms with Crippen molar-refractivity contribution < 1.29 is 9.13 Å². The van der Waals surface area contributed by atoms with Gasteiger partial charge in [0, 0.05) is 11.6 Å². The number of aromatic amines is 1. The van der Waals surface area contributed by atoms with Crippen molar-refractivity contribution in [1.82, 2.24) is 9.97 Å². The number of benzene rings is 2. The predicted molar refractivity (Wildman–Crippen MR) is 97.4 cm³/mol. The van der Waals surface area contributed by atoms with E-state index in [1.165, 1.54) is 18.6 Å². The molecule has 3 aromatic rings. The van der Waals surface area contributed by atoms with Gasteiger partial charge in [0.1, 0.15) is 17.4 Å². The number of aromatic nitrogens is 2. The summed E-state index contributed by atoms with van der Waals surface area (Å²) in [5.41, 5.74) is 0.825. The van der Waals surface area contributed by atoms with Gasteiger partial charge in [-0.25, -0.2) is 9.37 Å². The molecule has 0 spiro atoms. The van der Waals surface area contributed by atoms with Crippen molar-refractivity contribution in [1.29, 1.82) is 0 Å². The van der Waals surface area contributed by atoms with E-state index in [1.54, 1.807) is 24.3 Å². The molecule has 0 aliphatic carbocycles. The van der Waals surface area contributed by atoms with Crippen LogP contribution < -0.4 is 10.3 Å². The van der Waals surface area contributed by atoms with Crippen LogP contribution in [-0.4, -0.2) is 16.6 Å². The van der Waals surface area contributed by atoms with Gasteiger partial charge >= 0.3 is 0 Å². The van der Waals surface area contributed by atoms with Crippen LogP contribution in [0.4, 0.5) is 4.39 Å². The number of halogens is 1.